The second-order valence-corrected chi connectivity index (χ2v) is 6.78. The number of carbonyl (C=O) groups excluding carboxylic acids is 2. The van der Waals surface area contributed by atoms with Crippen LogP contribution in [0.3, 0.4) is 0 Å². The molecule has 1 aliphatic rings. The van der Waals surface area contributed by atoms with Crippen LogP contribution in [0.25, 0.3) is 6.08 Å². The van der Waals surface area contributed by atoms with Gasteiger partial charge in [0, 0.05) is 17.8 Å². The van der Waals surface area contributed by atoms with Crippen molar-refractivity contribution in [1.29, 1.82) is 0 Å². The van der Waals surface area contributed by atoms with Gasteiger partial charge in [-0.25, -0.2) is 4.79 Å². The second kappa shape index (κ2) is 8.00. The lowest BCUT2D eigenvalue weighted by Gasteiger charge is -2.16. The first-order chi connectivity index (χ1) is 12.8. The summed E-state index contributed by atoms with van der Waals surface area (Å²) in [7, 11) is 1.60. The third kappa shape index (κ3) is 4.42. The van der Waals surface area contributed by atoms with Gasteiger partial charge in [-0.15, -0.1) is 0 Å². The largest absolute Gasteiger partial charge is 0.326 e. The Morgan fingerprint density at radius 1 is 1.11 bits per heavy atom. The minimum atomic E-state index is -0.558. The summed E-state index contributed by atoms with van der Waals surface area (Å²) in [5, 5.41) is 6.33. The number of rotatable bonds is 2. The van der Waals surface area contributed by atoms with Crippen molar-refractivity contribution in [3.63, 3.8) is 0 Å². The second-order valence-electron chi connectivity index (χ2n) is 5.56. The molecule has 0 unspecified atom stereocenters. The predicted molar refractivity (Wildman–Crippen MR) is 108 cm³/mol. The van der Waals surface area contributed by atoms with E-state index in [1.165, 1.54) is 4.90 Å². The highest BCUT2D eigenvalue weighted by atomic mass is 35.5. The first-order valence-corrected chi connectivity index (χ1v) is 8.84. The molecule has 0 fully saturated rings. The van der Waals surface area contributed by atoms with Crippen molar-refractivity contribution in [3.8, 4) is 0 Å². The van der Waals surface area contributed by atoms with Gasteiger partial charge < -0.3 is 10.2 Å². The summed E-state index contributed by atoms with van der Waals surface area (Å²) in [5.74, 6) is -0.421. The van der Waals surface area contributed by atoms with E-state index in [1.807, 2.05) is 0 Å². The molecule has 0 aromatic heterocycles. The van der Waals surface area contributed by atoms with E-state index >= 15 is 0 Å². The van der Waals surface area contributed by atoms with Gasteiger partial charge in [-0.3, -0.25) is 10.1 Å². The van der Waals surface area contributed by atoms with Gasteiger partial charge in [-0.05, 0) is 35.9 Å². The Hall–Kier alpha value is -2.54. The van der Waals surface area contributed by atoms with Crippen LogP contribution in [0.2, 0.25) is 15.1 Å². The lowest BCUT2D eigenvalue weighted by atomic mass is 10.2. The summed E-state index contributed by atoms with van der Waals surface area (Å²) in [4.78, 5) is 29.7. The monoisotopic (exact) mass is 422 g/mol. The summed E-state index contributed by atoms with van der Waals surface area (Å²) < 4.78 is 0. The molecule has 2 aromatic rings. The molecule has 0 saturated carbocycles. The number of nitrogens with one attached hydrogen (secondary N) is 2. The van der Waals surface area contributed by atoms with Crippen molar-refractivity contribution < 1.29 is 9.59 Å². The van der Waals surface area contributed by atoms with Gasteiger partial charge in [0.2, 0.25) is 5.96 Å². The Bertz CT molecular complexity index is 988. The Morgan fingerprint density at radius 2 is 1.85 bits per heavy atom. The topological polar surface area (TPSA) is 73.8 Å². The highest BCUT2D eigenvalue weighted by Gasteiger charge is 2.28. The molecule has 9 heteroatoms. The quantitative estimate of drug-likeness (QED) is 0.691. The van der Waals surface area contributed by atoms with Crippen LogP contribution in [0.4, 0.5) is 10.5 Å². The molecule has 138 valence electrons. The number of urea groups is 1. The van der Waals surface area contributed by atoms with Crippen LogP contribution >= 0.6 is 34.8 Å². The predicted octanol–water partition coefficient (Wildman–Crippen LogP) is 4.64. The lowest BCUT2D eigenvalue weighted by Crippen LogP contribution is -2.41. The average molecular weight is 424 g/mol. The molecule has 2 aromatic carbocycles. The molecule has 27 heavy (non-hydrogen) atoms. The van der Waals surface area contributed by atoms with Gasteiger partial charge in [-0.1, -0.05) is 53.0 Å². The zero-order chi connectivity index (χ0) is 19.6. The number of benzene rings is 2. The number of carbonyl (C=O) groups is 2. The van der Waals surface area contributed by atoms with Crippen LogP contribution in [-0.4, -0.2) is 29.8 Å². The molecular weight excluding hydrogens is 411 g/mol. The molecular formula is C18H13Cl3N4O2. The molecule has 3 amide bonds. The number of guanidine groups is 1. The van der Waals surface area contributed by atoms with E-state index in [0.717, 1.165) is 0 Å². The molecule has 0 radical (unpaired) electrons. The lowest BCUT2D eigenvalue weighted by molar-refractivity contribution is -0.114. The molecule has 1 aliphatic heterocycles. The zero-order valence-electron chi connectivity index (χ0n) is 14.0. The van der Waals surface area contributed by atoms with Gasteiger partial charge >= 0.3 is 6.03 Å². The van der Waals surface area contributed by atoms with Crippen LogP contribution in [0.1, 0.15) is 5.56 Å². The maximum Gasteiger partial charge on any atom is 0.326 e. The molecule has 3 rings (SSSR count). The van der Waals surface area contributed by atoms with Crippen molar-refractivity contribution in [2.75, 3.05) is 12.4 Å². The molecule has 2 N–H and O–H groups in total. The molecule has 0 aliphatic carbocycles. The number of halogens is 3. The fraction of sp³-hybridized carbons (Fsp3) is 0.0556. The van der Waals surface area contributed by atoms with E-state index in [0.29, 0.717) is 26.3 Å². The fourth-order valence-corrected chi connectivity index (χ4v) is 2.92. The molecule has 0 saturated heterocycles. The van der Waals surface area contributed by atoms with Crippen LogP contribution in [0.15, 0.2) is 53.2 Å². The number of nitrogens with zero attached hydrogens (tertiary/aromatic N) is 2. The summed E-state index contributed by atoms with van der Waals surface area (Å²) in [6, 6.07) is 11.2. The Labute approximate surface area is 170 Å². The maximum atomic E-state index is 12.2. The Kier molecular flexibility index (Phi) is 5.70. The highest BCUT2D eigenvalue weighted by molar-refractivity contribution is 6.43. The molecule has 0 atom stereocenters. The first-order valence-electron chi connectivity index (χ1n) is 7.71. The minimum Gasteiger partial charge on any atom is -0.310 e. The van der Waals surface area contributed by atoms with Gasteiger partial charge in [0.05, 0.1) is 10.0 Å². The van der Waals surface area contributed by atoms with Crippen molar-refractivity contribution in [1.82, 2.24) is 10.2 Å². The first kappa shape index (κ1) is 19.2. The number of hydrogen-bond acceptors (Lipinski definition) is 3. The van der Waals surface area contributed by atoms with E-state index in [9.17, 15) is 9.59 Å². The number of aliphatic imine (C=N–C) groups is 1. The van der Waals surface area contributed by atoms with Crippen molar-refractivity contribution >= 4 is 64.5 Å². The zero-order valence-corrected chi connectivity index (χ0v) is 16.2. The Balaban J connectivity index is 1.74. The summed E-state index contributed by atoms with van der Waals surface area (Å²) >= 11 is 18.0. The summed E-state index contributed by atoms with van der Waals surface area (Å²) in [6.07, 6.45) is 1.56. The third-order valence-electron chi connectivity index (χ3n) is 3.69. The van der Waals surface area contributed by atoms with Gasteiger partial charge in [0.25, 0.3) is 5.91 Å². The third-order valence-corrected chi connectivity index (χ3v) is 4.76. The standard InChI is InChI=1S/C18H13Cl3N4O2/c1-25-14(8-10-4-2-7-13(20)15(10)21)16(26)23-17(25)24-18(27)22-12-6-3-5-11(19)9-12/h2-9H,1H3,(H2,22,23,24,26,27)/b14-8-. The van der Waals surface area contributed by atoms with Crippen molar-refractivity contribution in [3.05, 3.63) is 68.8 Å². The summed E-state index contributed by atoms with van der Waals surface area (Å²) in [6.45, 7) is 0. The van der Waals surface area contributed by atoms with Crippen molar-refractivity contribution in [2.24, 2.45) is 4.99 Å². The van der Waals surface area contributed by atoms with E-state index in [4.69, 9.17) is 34.8 Å². The van der Waals surface area contributed by atoms with Gasteiger partial charge in [0.1, 0.15) is 5.70 Å². The molecule has 6 nitrogen and oxygen atoms in total. The SMILES string of the molecule is CN1C(NC(=O)Nc2cccc(Cl)c2)=NC(=O)/C1=C/c1cccc(Cl)c1Cl. The van der Waals surface area contributed by atoms with Gasteiger partial charge in [-0.2, -0.15) is 4.99 Å². The van der Waals surface area contributed by atoms with Crippen LogP contribution in [0, 0.1) is 0 Å². The number of amides is 3. The number of anilines is 1. The normalized spacial score (nSPS) is 15.1. The highest BCUT2D eigenvalue weighted by Crippen LogP contribution is 2.28. The van der Waals surface area contributed by atoms with Crippen LogP contribution < -0.4 is 10.6 Å². The van der Waals surface area contributed by atoms with Crippen molar-refractivity contribution in [2.45, 2.75) is 0 Å². The van der Waals surface area contributed by atoms with Crippen LogP contribution in [0.5, 0.6) is 0 Å². The van der Waals surface area contributed by atoms with Gasteiger partial charge in [0.15, 0.2) is 0 Å². The smallest absolute Gasteiger partial charge is 0.310 e. The fourth-order valence-electron chi connectivity index (χ4n) is 2.37. The number of hydrogen-bond donors (Lipinski definition) is 2. The van der Waals surface area contributed by atoms with E-state index in [2.05, 4.69) is 15.6 Å². The van der Waals surface area contributed by atoms with E-state index in [-0.39, 0.29) is 11.7 Å². The van der Waals surface area contributed by atoms with Crippen LogP contribution in [-0.2, 0) is 4.79 Å². The number of likely N-dealkylation sites (N-methyl/N-ethyl adjacent to an activating group) is 1. The molecule has 1 heterocycles. The van der Waals surface area contributed by atoms with E-state index < -0.39 is 11.9 Å². The summed E-state index contributed by atoms with van der Waals surface area (Å²) in [5.41, 5.74) is 1.32. The van der Waals surface area contributed by atoms with E-state index in [1.54, 1.807) is 55.6 Å². The Morgan fingerprint density at radius 3 is 2.59 bits per heavy atom. The minimum absolute atomic E-state index is 0.0870. The average Bonchev–Trinajstić information content (AvgIpc) is 2.86. The molecule has 0 bridgehead atoms. The maximum absolute atomic E-state index is 12.2. The molecule has 0 spiro atoms.